The van der Waals surface area contributed by atoms with E-state index in [-0.39, 0.29) is 6.04 Å². The summed E-state index contributed by atoms with van der Waals surface area (Å²) in [4.78, 5) is 23.2. The molecule has 17 heavy (non-hydrogen) atoms. The summed E-state index contributed by atoms with van der Waals surface area (Å²) in [6.07, 6.45) is -3.61. The van der Waals surface area contributed by atoms with Crippen LogP contribution < -0.4 is 5.32 Å². The van der Waals surface area contributed by atoms with E-state index >= 15 is 0 Å². The fourth-order valence-electron chi connectivity index (χ4n) is 1.18. The van der Waals surface area contributed by atoms with Gasteiger partial charge in [-0.3, -0.25) is 0 Å². The third-order valence-electron chi connectivity index (χ3n) is 2.77. The number of rotatable bonds is 3. The summed E-state index contributed by atoms with van der Waals surface area (Å²) in [5.74, 6) is -2.14. The molecular formula is C9H13F3N2O3. The summed E-state index contributed by atoms with van der Waals surface area (Å²) in [6, 6.07) is -1.13. The highest BCUT2D eigenvalue weighted by Crippen LogP contribution is 2.31. The highest BCUT2D eigenvalue weighted by Gasteiger charge is 2.59. The number of carbonyl (C=O) groups is 2. The van der Waals surface area contributed by atoms with E-state index in [0.717, 1.165) is 17.7 Å². The lowest BCUT2D eigenvalue weighted by Crippen LogP contribution is -2.63. The number of nitrogens with one attached hydrogen (secondary N) is 1. The van der Waals surface area contributed by atoms with Crippen LogP contribution in [0.1, 0.15) is 19.8 Å². The van der Waals surface area contributed by atoms with Crippen LogP contribution in [0.4, 0.5) is 18.0 Å². The first-order chi connectivity index (χ1) is 7.59. The van der Waals surface area contributed by atoms with Crippen molar-refractivity contribution < 1.29 is 27.9 Å². The Bertz CT molecular complexity index is 341. The van der Waals surface area contributed by atoms with Crippen molar-refractivity contribution in [1.82, 2.24) is 10.2 Å². The second-order valence-corrected chi connectivity index (χ2v) is 4.20. The van der Waals surface area contributed by atoms with Crippen molar-refractivity contribution >= 4 is 12.0 Å². The molecule has 0 radical (unpaired) electrons. The second-order valence-electron chi connectivity index (χ2n) is 4.20. The molecule has 0 saturated heterocycles. The zero-order chi connectivity index (χ0) is 13.4. The Kier molecular flexibility index (Phi) is 3.26. The number of urea groups is 1. The second kappa shape index (κ2) is 4.08. The Labute approximate surface area is 95.6 Å². The van der Waals surface area contributed by atoms with Gasteiger partial charge in [-0.05, 0) is 19.8 Å². The number of amides is 2. The Morgan fingerprint density at radius 2 is 1.82 bits per heavy atom. The zero-order valence-electron chi connectivity index (χ0n) is 9.34. The Balaban J connectivity index is 2.80. The van der Waals surface area contributed by atoms with Crippen molar-refractivity contribution in [2.24, 2.45) is 0 Å². The summed E-state index contributed by atoms with van der Waals surface area (Å²) < 4.78 is 37.7. The maximum Gasteiger partial charge on any atom is 0.422 e. The molecule has 0 spiro atoms. The molecule has 5 nitrogen and oxygen atoms in total. The van der Waals surface area contributed by atoms with Crippen LogP contribution in [0.5, 0.6) is 0 Å². The molecular weight excluding hydrogens is 241 g/mol. The van der Waals surface area contributed by atoms with Gasteiger partial charge in [-0.25, -0.2) is 9.59 Å². The quantitative estimate of drug-likeness (QED) is 0.795. The van der Waals surface area contributed by atoms with Crippen LogP contribution in [0.2, 0.25) is 0 Å². The highest BCUT2D eigenvalue weighted by atomic mass is 19.4. The van der Waals surface area contributed by atoms with Crippen LogP contribution >= 0.6 is 0 Å². The normalized spacial score (nSPS) is 19.4. The summed E-state index contributed by atoms with van der Waals surface area (Å²) in [5.41, 5.74) is -3.27. The van der Waals surface area contributed by atoms with Gasteiger partial charge >= 0.3 is 18.2 Å². The molecule has 1 saturated carbocycles. The maximum atomic E-state index is 12.6. The third kappa shape index (κ3) is 2.62. The summed E-state index contributed by atoms with van der Waals surface area (Å²) in [7, 11) is 1.34. The van der Waals surface area contributed by atoms with E-state index in [1.807, 2.05) is 0 Å². The van der Waals surface area contributed by atoms with Gasteiger partial charge < -0.3 is 15.3 Å². The number of halogens is 3. The van der Waals surface area contributed by atoms with Gasteiger partial charge in [-0.15, -0.1) is 0 Å². The lowest BCUT2D eigenvalue weighted by molar-refractivity contribution is -0.203. The predicted molar refractivity (Wildman–Crippen MR) is 51.4 cm³/mol. The van der Waals surface area contributed by atoms with Gasteiger partial charge in [-0.1, -0.05) is 0 Å². The van der Waals surface area contributed by atoms with E-state index in [2.05, 4.69) is 0 Å². The van der Waals surface area contributed by atoms with Crippen LogP contribution in [0.3, 0.4) is 0 Å². The van der Waals surface area contributed by atoms with E-state index in [1.54, 1.807) is 0 Å². The minimum Gasteiger partial charge on any atom is -0.479 e. The van der Waals surface area contributed by atoms with E-state index in [4.69, 9.17) is 5.11 Å². The summed E-state index contributed by atoms with van der Waals surface area (Å²) >= 11 is 0. The molecule has 0 aliphatic heterocycles. The summed E-state index contributed by atoms with van der Waals surface area (Å²) in [5, 5.41) is 10.1. The lowest BCUT2D eigenvalue weighted by Gasteiger charge is -2.30. The SMILES string of the molecule is CN(C(=O)NC(C)(C(=O)O)C(F)(F)F)C1CC1. The van der Waals surface area contributed by atoms with E-state index in [9.17, 15) is 22.8 Å². The van der Waals surface area contributed by atoms with Gasteiger partial charge in [-0.2, -0.15) is 13.2 Å². The van der Waals surface area contributed by atoms with Crippen LogP contribution in [-0.2, 0) is 4.79 Å². The predicted octanol–water partition coefficient (Wildman–Crippen LogP) is 1.20. The molecule has 2 N–H and O–H groups in total. The fourth-order valence-corrected chi connectivity index (χ4v) is 1.18. The summed E-state index contributed by atoms with van der Waals surface area (Å²) in [6.45, 7) is 0.425. The van der Waals surface area contributed by atoms with Crippen LogP contribution in [0.25, 0.3) is 0 Å². The molecule has 0 bridgehead atoms. The number of hydrogen-bond donors (Lipinski definition) is 2. The van der Waals surface area contributed by atoms with Crippen LogP contribution in [0.15, 0.2) is 0 Å². The van der Waals surface area contributed by atoms with Gasteiger partial charge in [0.05, 0.1) is 0 Å². The number of nitrogens with zero attached hydrogens (tertiary/aromatic N) is 1. The fraction of sp³-hybridized carbons (Fsp3) is 0.778. The molecule has 1 atom stereocenters. The van der Waals surface area contributed by atoms with Crippen molar-refractivity contribution in [1.29, 1.82) is 0 Å². The van der Waals surface area contributed by atoms with Gasteiger partial charge in [0.25, 0.3) is 0 Å². The number of carbonyl (C=O) groups excluding carboxylic acids is 1. The Morgan fingerprint density at radius 1 is 1.35 bits per heavy atom. The monoisotopic (exact) mass is 254 g/mol. The number of carboxylic acid groups (broad SMARTS) is 1. The molecule has 1 fully saturated rings. The average Bonchev–Trinajstić information content (AvgIpc) is 2.97. The van der Waals surface area contributed by atoms with Crippen molar-refractivity contribution in [3.8, 4) is 0 Å². The first-order valence-corrected chi connectivity index (χ1v) is 4.94. The van der Waals surface area contributed by atoms with Crippen LogP contribution in [0, 0.1) is 0 Å². The first-order valence-electron chi connectivity index (χ1n) is 4.94. The smallest absolute Gasteiger partial charge is 0.422 e. The number of aliphatic carboxylic acids is 1. The third-order valence-corrected chi connectivity index (χ3v) is 2.77. The van der Waals surface area contributed by atoms with Crippen molar-refractivity contribution in [2.45, 2.75) is 37.5 Å². The molecule has 0 aromatic heterocycles. The molecule has 0 aromatic carbocycles. The van der Waals surface area contributed by atoms with Crippen molar-refractivity contribution in [2.75, 3.05) is 7.05 Å². The molecule has 0 heterocycles. The van der Waals surface area contributed by atoms with Gasteiger partial charge in [0.15, 0.2) is 0 Å². The molecule has 1 aliphatic carbocycles. The maximum absolute atomic E-state index is 12.6. The lowest BCUT2D eigenvalue weighted by atomic mass is 10.0. The largest absolute Gasteiger partial charge is 0.479 e. The molecule has 98 valence electrons. The van der Waals surface area contributed by atoms with Crippen LogP contribution in [-0.4, -0.2) is 46.8 Å². The number of carboxylic acids is 1. The van der Waals surface area contributed by atoms with Crippen molar-refractivity contribution in [3.63, 3.8) is 0 Å². The molecule has 1 aliphatic rings. The molecule has 1 unspecified atom stereocenters. The average molecular weight is 254 g/mol. The molecule has 1 rings (SSSR count). The minimum absolute atomic E-state index is 0.0960. The highest BCUT2D eigenvalue weighted by molar-refractivity contribution is 5.86. The zero-order valence-corrected chi connectivity index (χ0v) is 9.34. The molecule has 0 aromatic rings. The van der Waals surface area contributed by atoms with Gasteiger partial charge in [0, 0.05) is 13.1 Å². The number of hydrogen-bond acceptors (Lipinski definition) is 2. The topological polar surface area (TPSA) is 69.6 Å². The Hall–Kier alpha value is -1.47. The standard InChI is InChI=1S/C9H13F3N2O3/c1-8(6(15)16,9(10,11)12)13-7(17)14(2)5-3-4-5/h5H,3-4H2,1-2H3,(H,13,17)(H,15,16). The van der Waals surface area contributed by atoms with Crippen molar-refractivity contribution in [3.05, 3.63) is 0 Å². The number of alkyl halides is 3. The minimum atomic E-state index is -5.06. The van der Waals surface area contributed by atoms with E-state index < -0.39 is 23.7 Å². The van der Waals surface area contributed by atoms with Gasteiger partial charge in [0.1, 0.15) is 0 Å². The first kappa shape index (κ1) is 13.6. The van der Waals surface area contributed by atoms with E-state index in [1.165, 1.54) is 12.4 Å². The molecule has 2 amide bonds. The Morgan fingerprint density at radius 3 is 2.12 bits per heavy atom. The molecule has 8 heteroatoms. The van der Waals surface area contributed by atoms with Gasteiger partial charge in [0.2, 0.25) is 5.54 Å². The van der Waals surface area contributed by atoms with E-state index in [0.29, 0.717) is 6.92 Å².